The first-order valence-corrected chi connectivity index (χ1v) is 7.77. The number of carbonyl (C=O) groups excluding carboxylic acids is 1. The number of unbranched alkanes of at least 4 members (excludes halogenated alkanes) is 3. The van der Waals surface area contributed by atoms with Crippen LogP contribution >= 0.6 is 22.6 Å². The summed E-state index contributed by atoms with van der Waals surface area (Å²) >= 11 is 2.24. The zero-order chi connectivity index (χ0) is 13.4. The van der Waals surface area contributed by atoms with Gasteiger partial charge in [-0.1, -0.05) is 32.6 Å². The second kappa shape index (κ2) is 8.51. The topological polar surface area (TPSA) is 29.1 Å². The highest BCUT2D eigenvalue weighted by molar-refractivity contribution is 14.1. The molecule has 0 aliphatic rings. The van der Waals surface area contributed by atoms with Crippen molar-refractivity contribution in [1.29, 1.82) is 0 Å². The van der Waals surface area contributed by atoms with Gasteiger partial charge in [0.1, 0.15) is 0 Å². The van der Waals surface area contributed by atoms with E-state index in [9.17, 15) is 4.79 Å². The molecule has 1 aromatic carbocycles. The summed E-state index contributed by atoms with van der Waals surface area (Å²) in [7, 11) is 0. The molecule has 0 radical (unpaired) electrons. The Balaban J connectivity index is 2.33. The van der Waals surface area contributed by atoms with E-state index < -0.39 is 0 Å². The summed E-state index contributed by atoms with van der Waals surface area (Å²) in [6.07, 6.45) is 6.07. The van der Waals surface area contributed by atoms with Crippen LogP contribution in [-0.4, -0.2) is 11.9 Å². The number of nitrogens with one attached hydrogen (secondary N) is 1. The van der Waals surface area contributed by atoms with Crippen LogP contribution in [0.1, 0.15) is 56.3 Å². The number of carbonyl (C=O) groups is 1. The molecule has 3 heteroatoms. The summed E-state index contributed by atoms with van der Waals surface area (Å²) in [5.74, 6) is 0.0365. The fourth-order valence-corrected chi connectivity index (χ4v) is 2.22. The summed E-state index contributed by atoms with van der Waals surface area (Å²) in [5, 5.41) is 3.05. The van der Waals surface area contributed by atoms with Crippen LogP contribution in [0.4, 0.5) is 0 Å². The molecule has 1 N–H and O–H groups in total. The highest BCUT2D eigenvalue weighted by Crippen LogP contribution is 2.09. The lowest BCUT2D eigenvalue weighted by Gasteiger charge is -2.13. The predicted octanol–water partition coefficient (Wildman–Crippen LogP) is 4.38. The molecule has 1 rings (SSSR count). The van der Waals surface area contributed by atoms with Crippen molar-refractivity contribution in [2.75, 3.05) is 0 Å². The average molecular weight is 359 g/mol. The Hall–Kier alpha value is -0.580. The van der Waals surface area contributed by atoms with Crippen LogP contribution in [0.25, 0.3) is 0 Å². The summed E-state index contributed by atoms with van der Waals surface area (Å²) in [4.78, 5) is 11.9. The number of hydrogen-bond acceptors (Lipinski definition) is 1. The van der Waals surface area contributed by atoms with Gasteiger partial charge in [0.25, 0.3) is 5.91 Å². The van der Waals surface area contributed by atoms with E-state index in [-0.39, 0.29) is 11.9 Å². The molecular formula is C15H22INO. The van der Waals surface area contributed by atoms with Crippen molar-refractivity contribution in [2.24, 2.45) is 0 Å². The minimum absolute atomic E-state index is 0.0365. The molecule has 0 saturated carbocycles. The van der Waals surface area contributed by atoms with Crippen molar-refractivity contribution in [3.63, 3.8) is 0 Å². The van der Waals surface area contributed by atoms with Crippen LogP contribution in [0.3, 0.4) is 0 Å². The van der Waals surface area contributed by atoms with Crippen LogP contribution in [-0.2, 0) is 0 Å². The van der Waals surface area contributed by atoms with Gasteiger partial charge in [-0.25, -0.2) is 0 Å². The van der Waals surface area contributed by atoms with Gasteiger partial charge in [0.15, 0.2) is 0 Å². The van der Waals surface area contributed by atoms with E-state index in [1.165, 1.54) is 25.7 Å². The zero-order valence-electron chi connectivity index (χ0n) is 11.2. The Kier molecular flexibility index (Phi) is 7.32. The monoisotopic (exact) mass is 359 g/mol. The Labute approximate surface area is 124 Å². The van der Waals surface area contributed by atoms with E-state index in [4.69, 9.17) is 0 Å². The normalized spacial score (nSPS) is 12.2. The molecule has 1 unspecified atom stereocenters. The molecule has 1 atom stereocenters. The van der Waals surface area contributed by atoms with E-state index >= 15 is 0 Å². The number of amides is 1. The molecule has 0 heterocycles. The van der Waals surface area contributed by atoms with Crippen LogP contribution in [0, 0.1) is 3.57 Å². The molecule has 2 nitrogen and oxygen atoms in total. The van der Waals surface area contributed by atoms with E-state index in [0.717, 1.165) is 15.6 Å². The lowest BCUT2D eigenvalue weighted by atomic mass is 10.1. The van der Waals surface area contributed by atoms with Crippen molar-refractivity contribution >= 4 is 28.5 Å². The molecule has 0 aromatic heterocycles. The van der Waals surface area contributed by atoms with Gasteiger partial charge in [-0.05, 0) is 60.2 Å². The first-order chi connectivity index (χ1) is 8.63. The number of halogens is 1. The summed E-state index contributed by atoms with van der Waals surface area (Å²) in [6, 6.07) is 7.93. The Morgan fingerprint density at radius 2 is 1.89 bits per heavy atom. The Morgan fingerprint density at radius 3 is 2.50 bits per heavy atom. The molecule has 0 bridgehead atoms. The van der Waals surface area contributed by atoms with Crippen molar-refractivity contribution in [3.8, 4) is 0 Å². The molecule has 0 spiro atoms. The average Bonchev–Trinajstić information content (AvgIpc) is 2.35. The Bertz CT molecular complexity index is 361. The number of hydrogen-bond donors (Lipinski definition) is 1. The van der Waals surface area contributed by atoms with Gasteiger partial charge in [0.05, 0.1) is 0 Å². The molecule has 0 fully saturated rings. The number of rotatable bonds is 7. The first kappa shape index (κ1) is 15.5. The minimum atomic E-state index is 0.0365. The van der Waals surface area contributed by atoms with E-state index in [1.807, 2.05) is 24.3 Å². The lowest BCUT2D eigenvalue weighted by Crippen LogP contribution is -2.32. The molecule has 0 aliphatic heterocycles. The highest BCUT2D eigenvalue weighted by Gasteiger charge is 2.09. The molecular weight excluding hydrogens is 337 g/mol. The number of benzene rings is 1. The zero-order valence-corrected chi connectivity index (χ0v) is 13.4. The third-order valence-electron chi connectivity index (χ3n) is 2.97. The molecule has 100 valence electrons. The molecule has 0 aliphatic carbocycles. The van der Waals surface area contributed by atoms with Crippen molar-refractivity contribution in [2.45, 2.75) is 52.0 Å². The molecule has 1 amide bonds. The van der Waals surface area contributed by atoms with Gasteiger partial charge in [-0.3, -0.25) is 4.79 Å². The second-order valence-electron chi connectivity index (χ2n) is 4.73. The van der Waals surface area contributed by atoms with Crippen LogP contribution in [0.15, 0.2) is 24.3 Å². The van der Waals surface area contributed by atoms with Crippen molar-refractivity contribution in [1.82, 2.24) is 5.32 Å². The fraction of sp³-hybridized carbons (Fsp3) is 0.533. The first-order valence-electron chi connectivity index (χ1n) is 6.70. The van der Waals surface area contributed by atoms with Gasteiger partial charge < -0.3 is 5.32 Å². The maximum atomic E-state index is 11.9. The fourth-order valence-electron chi connectivity index (χ4n) is 1.86. The van der Waals surface area contributed by atoms with E-state index in [0.29, 0.717) is 0 Å². The summed E-state index contributed by atoms with van der Waals surface area (Å²) < 4.78 is 1.15. The summed E-state index contributed by atoms with van der Waals surface area (Å²) in [5.41, 5.74) is 0.746. The van der Waals surface area contributed by atoms with Crippen LogP contribution < -0.4 is 5.32 Å². The largest absolute Gasteiger partial charge is 0.350 e. The van der Waals surface area contributed by atoms with Gasteiger partial charge in [0.2, 0.25) is 0 Å². The smallest absolute Gasteiger partial charge is 0.251 e. The van der Waals surface area contributed by atoms with Gasteiger partial charge in [-0.2, -0.15) is 0 Å². The van der Waals surface area contributed by atoms with E-state index in [2.05, 4.69) is 41.8 Å². The summed E-state index contributed by atoms with van der Waals surface area (Å²) in [6.45, 7) is 4.29. The van der Waals surface area contributed by atoms with Gasteiger partial charge in [-0.15, -0.1) is 0 Å². The highest BCUT2D eigenvalue weighted by atomic mass is 127. The van der Waals surface area contributed by atoms with Crippen LogP contribution in [0.5, 0.6) is 0 Å². The maximum Gasteiger partial charge on any atom is 0.251 e. The Morgan fingerprint density at radius 1 is 1.22 bits per heavy atom. The SMILES string of the molecule is CCCCCCC(C)NC(=O)c1ccc(I)cc1. The predicted molar refractivity (Wildman–Crippen MR) is 84.8 cm³/mol. The molecule has 0 saturated heterocycles. The second-order valence-corrected chi connectivity index (χ2v) is 5.98. The van der Waals surface area contributed by atoms with Crippen LogP contribution in [0.2, 0.25) is 0 Å². The van der Waals surface area contributed by atoms with Gasteiger partial charge >= 0.3 is 0 Å². The minimum Gasteiger partial charge on any atom is -0.350 e. The third-order valence-corrected chi connectivity index (χ3v) is 3.69. The lowest BCUT2D eigenvalue weighted by molar-refractivity contribution is 0.0938. The quantitative estimate of drug-likeness (QED) is 0.568. The van der Waals surface area contributed by atoms with Gasteiger partial charge in [0, 0.05) is 15.2 Å². The van der Waals surface area contributed by atoms with Crippen molar-refractivity contribution in [3.05, 3.63) is 33.4 Å². The molecule has 1 aromatic rings. The molecule has 18 heavy (non-hydrogen) atoms. The standard InChI is InChI=1S/C15H22INO/c1-3-4-5-6-7-12(2)17-15(18)13-8-10-14(16)11-9-13/h8-12H,3-7H2,1-2H3,(H,17,18). The van der Waals surface area contributed by atoms with Crippen molar-refractivity contribution < 1.29 is 4.79 Å². The maximum absolute atomic E-state index is 11.9. The van der Waals surface area contributed by atoms with E-state index in [1.54, 1.807) is 0 Å². The third kappa shape index (κ3) is 5.85.